The Balaban J connectivity index is 3.91. The summed E-state index contributed by atoms with van der Waals surface area (Å²) in [7, 11) is 0.776. The van der Waals surface area contributed by atoms with Gasteiger partial charge in [-0.3, -0.25) is 9.09 Å². The molecular formula is C6H16NO4P. The van der Waals surface area contributed by atoms with Gasteiger partial charge in [-0.1, -0.05) is 0 Å². The molecule has 0 saturated carbocycles. The fourth-order valence-corrected chi connectivity index (χ4v) is 0.930. The zero-order chi connectivity index (χ0) is 9.83. The van der Waals surface area contributed by atoms with Crippen LogP contribution in [0.4, 0.5) is 0 Å². The normalized spacial score (nSPS) is 17.4. The van der Waals surface area contributed by atoms with E-state index >= 15 is 0 Å². The summed E-state index contributed by atoms with van der Waals surface area (Å²) in [6.07, 6.45) is 0. The summed E-state index contributed by atoms with van der Waals surface area (Å²) in [5.74, 6) is 0. The first-order valence-corrected chi connectivity index (χ1v) is 5.12. The molecule has 0 aliphatic carbocycles. The standard InChI is InChI=1S/C6H16NO4P/c1-5-7(2,3)6-11-12(8,9)10-4/h5-6H2,1-4H3. The molecule has 74 valence electrons. The third-order valence-corrected chi connectivity index (χ3v) is 2.52. The maximum atomic E-state index is 10.7. The van der Waals surface area contributed by atoms with Gasteiger partial charge in [0, 0.05) is 7.11 Å². The van der Waals surface area contributed by atoms with Crippen LogP contribution >= 0.6 is 7.82 Å². The minimum atomic E-state index is -4.05. The summed E-state index contributed by atoms with van der Waals surface area (Å²) >= 11 is 0. The van der Waals surface area contributed by atoms with Crippen molar-refractivity contribution in [3.8, 4) is 0 Å². The van der Waals surface area contributed by atoms with E-state index in [1.807, 2.05) is 21.0 Å². The summed E-state index contributed by atoms with van der Waals surface area (Å²) in [4.78, 5) is 10.7. The molecule has 0 heterocycles. The van der Waals surface area contributed by atoms with Crippen LogP contribution < -0.4 is 4.89 Å². The van der Waals surface area contributed by atoms with E-state index in [0.29, 0.717) is 4.48 Å². The lowest BCUT2D eigenvalue weighted by Crippen LogP contribution is -2.41. The van der Waals surface area contributed by atoms with Crippen LogP contribution in [-0.2, 0) is 13.6 Å². The van der Waals surface area contributed by atoms with E-state index in [9.17, 15) is 9.46 Å². The van der Waals surface area contributed by atoms with Gasteiger partial charge in [-0.2, -0.15) is 0 Å². The quantitative estimate of drug-likeness (QED) is 0.358. The lowest BCUT2D eigenvalue weighted by molar-refractivity contribution is -0.904. The highest BCUT2D eigenvalue weighted by atomic mass is 31.2. The van der Waals surface area contributed by atoms with Crippen LogP contribution in [0.15, 0.2) is 0 Å². The first kappa shape index (κ1) is 12.1. The van der Waals surface area contributed by atoms with E-state index in [-0.39, 0.29) is 6.73 Å². The van der Waals surface area contributed by atoms with Gasteiger partial charge in [-0.05, 0) is 6.92 Å². The van der Waals surface area contributed by atoms with Crippen LogP contribution in [0.25, 0.3) is 0 Å². The fraction of sp³-hybridized carbons (Fsp3) is 1.00. The first-order chi connectivity index (χ1) is 5.33. The van der Waals surface area contributed by atoms with Gasteiger partial charge < -0.3 is 13.9 Å². The molecule has 0 aromatic carbocycles. The predicted octanol–water partition coefficient (Wildman–Crippen LogP) is 0.172. The lowest BCUT2D eigenvalue weighted by Gasteiger charge is -2.30. The molecule has 0 saturated heterocycles. The molecule has 0 fully saturated rings. The van der Waals surface area contributed by atoms with E-state index in [4.69, 9.17) is 0 Å². The topological polar surface area (TPSA) is 58.6 Å². The Morgan fingerprint density at radius 3 is 2.33 bits per heavy atom. The average Bonchev–Trinajstić information content (AvgIpc) is 2.02. The van der Waals surface area contributed by atoms with Crippen LogP contribution in [0.3, 0.4) is 0 Å². The summed E-state index contributed by atoms with van der Waals surface area (Å²) < 4.78 is 19.9. The SMILES string of the molecule is CC[N+](C)(C)COP(=O)([O-])OC. The molecule has 5 nitrogen and oxygen atoms in total. The summed E-state index contributed by atoms with van der Waals surface area (Å²) in [6, 6.07) is 0. The molecular weight excluding hydrogens is 181 g/mol. The minimum absolute atomic E-state index is 0.102. The van der Waals surface area contributed by atoms with Crippen LogP contribution in [-0.4, -0.2) is 39.0 Å². The third kappa shape index (κ3) is 4.85. The van der Waals surface area contributed by atoms with Crippen LogP contribution in [0.5, 0.6) is 0 Å². The number of hydrogen-bond donors (Lipinski definition) is 0. The van der Waals surface area contributed by atoms with Gasteiger partial charge in [-0.15, -0.1) is 0 Å². The zero-order valence-electron chi connectivity index (χ0n) is 7.94. The maximum absolute atomic E-state index is 10.7. The van der Waals surface area contributed by atoms with Crippen molar-refractivity contribution < 1.29 is 23.0 Å². The van der Waals surface area contributed by atoms with Gasteiger partial charge in [-0.25, -0.2) is 0 Å². The average molecular weight is 197 g/mol. The zero-order valence-corrected chi connectivity index (χ0v) is 8.84. The second-order valence-electron chi connectivity index (χ2n) is 3.14. The Labute approximate surface area is 73.1 Å². The molecule has 0 spiro atoms. The molecule has 0 radical (unpaired) electrons. The van der Waals surface area contributed by atoms with Crippen LogP contribution in [0.1, 0.15) is 6.92 Å². The van der Waals surface area contributed by atoms with Gasteiger partial charge in [0.15, 0.2) is 6.73 Å². The van der Waals surface area contributed by atoms with E-state index < -0.39 is 7.82 Å². The Hall–Kier alpha value is 0.0700. The number of phosphoric acid groups is 1. The molecule has 0 aliphatic heterocycles. The van der Waals surface area contributed by atoms with Gasteiger partial charge in [0.05, 0.1) is 20.6 Å². The van der Waals surface area contributed by atoms with E-state index in [2.05, 4.69) is 9.05 Å². The molecule has 1 atom stereocenters. The van der Waals surface area contributed by atoms with Gasteiger partial charge >= 0.3 is 0 Å². The maximum Gasteiger partial charge on any atom is 0.272 e. The smallest absolute Gasteiger partial charge is 0.272 e. The molecule has 0 rings (SSSR count). The monoisotopic (exact) mass is 197 g/mol. The van der Waals surface area contributed by atoms with E-state index in [0.717, 1.165) is 13.7 Å². The molecule has 0 aliphatic rings. The molecule has 0 N–H and O–H groups in total. The van der Waals surface area contributed by atoms with Crippen molar-refractivity contribution in [1.29, 1.82) is 0 Å². The lowest BCUT2D eigenvalue weighted by atomic mass is 10.6. The van der Waals surface area contributed by atoms with Gasteiger partial charge in [0.2, 0.25) is 0 Å². The largest absolute Gasteiger partial charge is 0.756 e. The second kappa shape index (κ2) is 4.35. The Morgan fingerprint density at radius 2 is 2.00 bits per heavy atom. The number of rotatable bonds is 5. The number of nitrogens with zero attached hydrogens (tertiary/aromatic N) is 1. The Bertz CT molecular complexity index is 182. The fourth-order valence-electron chi connectivity index (χ4n) is 0.371. The van der Waals surface area contributed by atoms with Gasteiger partial charge in [0.1, 0.15) is 0 Å². The molecule has 0 aromatic heterocycles. The van der Waals surface area contributed by atoms with Crippen molar-refractivity contribution in [2.24, 2.45) is 0 Å². The van der Waals surface area contributed by atoms with Crippen molar-refractivity contribution in [2.45, 2.75) is 6.92 Å². The number of phosphoric ester groups is 1. The molecule has 0 aromatic rings. The van der Waals surface area contributed by atoms with E-state index in [1.165, 1.54) is 0 Å². The molecule has 0 bridgehead atoms. The summed E-state index contributed by atoms with van der Waals surface area (Å²) in [5, 5.41) is 0. The highest BCUT2D eigenvalue weighted by molar-refractivity contribution is 7.45. The Kier molecular flexibility index (Phi) is 4.37. The first-order valence-electron chi connectivity index (χ1n) is 3.66. The summed E-state index contributed by atoms with van der Waals surface area (Å²) in [5.41, 5.74) is 0. The van der Waals surface area contributed by atoms with Crippen molar-refractivity contribution in [3.05, 3.63) is 0 Å². The molecule has 1 unspecified atom stereocenters. The van der Waals surface area contributed by atoms with Gasteiger partial charge in [0.25, 0.3) is 7.82 Å². The number of quaternary nitrogens is 1. The molecule has 0 amide bonds. The highest BCUT2D eigenvalue weighted by Gasteiger charge is 2.16. The van der Waals surface area contributed by atoms with Crippen LogP contribution in [0.2, 0.25) is 0 Å². The third-order valence-electron chi connectivity index (χ3n) is 1.65. The second-order valence-corrected chi connectivity index (χ2v) is 4.66. The molecule has 12 heavy (non-hydrogen) atoms. The van der Waals surface area contributed by atoms with E-state index in [1.54, 1.807) is 0 Å². The Morgan fingerprint density at radius 1 is 1.50 bits per heavy atom. The summed E-state index contributed by atoms with van der Waals surface area (Å²) in [6.45, 7) is 2.85. The highest BCUT2D eigenvalue weighted by Crippen LogP contribution is 2.37. The van der Waals surface area contributed by atoms with Crippen molar-refractivity contribution in [3.63, 3.8) is 0 Å². The minimum Gasteiger partial charge on any atom is -0.756 e. The van der Waals surface area contributed by atoms with Crippen LogP contribution in [0, 0.1) is 0 Å². The number of hydrogen-bond acceptors (Lipinski definition) is 4. The van der Waals surface area contributed by atoms with Crippen molar-refractivity contribution in [2.75, 3.05) is 34.5 Å². The van der Waals surface area contributed by atoms with Crippen molar-refractivity contribution in [1.82, 2.24) is 0 Å². The molecule has 6 heteroatoms. The predicted molar refractivity (Wildman–Crippen MR) is 43.2 cm³/mol. The van der Waals surface area contributed by atoms with Crippen molar-refractivity contribution >= 4 is 7.82 Å².